The number of allylic oxidation sites excluding steroid dienone is 2. The normalized spacial score (nSPS) is 12.0. The number of fused-ring (bicyclic) bond motifs is 1. The van der Waals surface area contributed by atoms with E-state index in [1.807, 2.05) is 0 Å². The Bertz CT molecular complexity index is 1430. The number of hydrogen-bond donors (Lipinski definition) is 1. The minimum atomic E-state index is -0.125. The van der Waals surface area contributed by atoms with Gasteiger partial charge in [-0.05, 0) is 53.6 Å². The maximum Gasteiger partial charge on any atom is 0.155 e. The van der Waals surface area contributed by atoms with Crippen LogP contribution in [-0.2, 0) is 35.7 Å². The summed E-state index contributed by atoms with van der Waals surface area (Å²) in [4.78, 5) is 16.3. The standard InChI is InChI=1S/C28H30NS.C5H8O2.Ir/c1-18-14-20(16-22(15-18)28(5,6)7)23-12-13-25-24(29-23)17-26(30-25)19-8-10-21(11-9-19)27(2,3)4;1-4(6)3-5(2)7;/h8-13,15-17H,1-7H3;3,6H,1-2H3;/q-1;;/b;4-3-;. The van der Waals surface area contributed by atoms with Crippen molar-refractivity contribution in [2.24, 2.45) is 0 Å². The van der Waals surface area contributed by atoms with Gasteiger partial charge in [-0.2, -0.15) is 0 Å². The first-order valence-electron chi connectivity index (χ1n) is 12.6. The fourth-order valence-corrected chi connectivity index (χ4v) is 4.94. The molecule has 0 saturated carbocycles. The van der Waals surface area contributed by atoms with Gasteiger partial charge in [-0.15, -0.1) is 46.2 Å². The van der Waals surface area contributed by atoms with Crippen LogP contribution in [0.4, 0.5) is 0 Å². The van der Waals surface area contributed by atoms with Gasteiger partial charge in [0.05, 0.1) is 16.0 Å². The Hall–Kier alpha value is -2.59. The van der Waals surface area contributed by atoms with Crippen LogP contribution in [0.5, 0.6) is 0 Å². The molecule has 5 heteroatoms. The van der Waals surface area contributed by atoms with Gasteiger partial charge < -0.3 is 5.11 Å². The van der Waals surface area contributed by atoms with Gasteiger partial charge in [0.2, 0.25) is 0 Å². The fourth-order valence-electron chi connectivity index (χ4n) is 3.93. The Morgan fingerprint density at radius 2 is 1.50 bits per heavy atom. The zero-order valence-electron chi connectivity index (χ0n) is 23.8. The van der Waals surface area contributed by atoms with Crippen LogP contribution in [0.15, 0.2) is 66.4 Å². The Morgan fingerprint density at radius 3 is 2.00 bits per heavy atom. The van der Waals surface area contributed by atoms with E-state index in [1.54, 1.807) is 11.3 Å². The molecule has 2 aromatic carbocycles. The molecule has 203 valence electrons. The zero-order chi connectivity index (χ0) is 27.5. The maximum atomic E-state index is 10.0. The Balaban J connectivity index is 0.000000561. The van der Waals surface area contributed by atoms with E-state index in [-0.39, 0.29) is 42.5 Å². The molecular formula is C33H38IrNO2S-. The van der Waals surface area contributed by atoms with Crippen molar-refractivity contribution in [2.45, 2.75) is 73.1 Å². The molecule has 0 saturated heterocycles. The molecule has 0 fully saturated rings. The van der Waals surface area contributed by atoms with Crippen molar-refractivity contribution in [3.63, 3.8) is 0 Å². The molecule has 0 atom stereocenters. The first kappa shape index (κ1) is 31.6. The molecule has 2 aromatic heterocycles. The van der Waals surface area contributed by atoms with E-state index >= 15 is 0 Å². The van der Waals surface area contributed by atoms with E-state index in [4.69, 9.17) is 10.1 Å². The van der Waals surface area contributed by atoms with Crippen molar-refractivity contribution in [1.29, 1.82) is 0 Å². The third-order valence-electron chi connectivity index (χ3n) is 5.97. The first-order chi connectivity index (χ1) is 17.1. The minimum Gasteiger partial charge on any atom is -0.512 e. The number of carbonyl (C=O) groups excluding carboxylic acids is 1. The minimum absolute atomic E-state index is 0. The summed E-state index contributed by atoms with van der Waals surface area (Å²) in [5.41, 5.74) is 8.48. The number of aliphatic hydroxyl groups is 1. The molecule has 2 heterocycles. The van der Waals surface area contributed by atoms with Crippen LogP contribution in [-0.4, -0.2) is 15.9 Å². The number of hydrogen-bond acceptors (Lipinski definition) is 4. The summed E-state index contributed by atoms with van der Waals surface area (Å²) >= 11 is 1.81. The number of carbonyl (C=O) groups is 1. The smallest absolute Gasteiger partial charge is 0.155 e. The number of thiophene rings is 1. The molecule has 0 aliphatic rings. The van der Waals surface area contributed by atoms with Crippen LogP contribution >= 0.6 is 11.3 Å². The van der Waals surface area contributed by atoms with E-state index in [2.05, 4.69) is 109 Å². The number of pyridine rings is 1. The zero-order valence-corrected chi connectivity index (χ0v) is 27.0. The number of benzene rings is 2. The number of nitrogens with zero attached hydrogens (tertiary/aromatic N) is 1. The van der Waals surface area contributed by atoms with Gasteiger partial charge in [0.25, 0.3) is 0 Å². The van der Waals surface area contributed by atoms with Crippen molar-refractivity contribution in [1.82, 2.24) is 4.98 Å². The summed E-state index contributed by atoms with van der Waals surface area (Å²) in [7, 11) is 0. The van der Waals surface area contributed by atoms with Crippen LogP contribution in [0.3, 0.4) is 0 Å². The predicted octanol–water partition coefficient (Wildman–Crippen LogP) is 9.37. The maximum absolute atomic E-state index is 10.0. The number of rotatable bonds is 3. The summed E-state index contributed by atoms with van der Waals surface area (Å²) < 4.78 is 1.22. The summed E-state index contributed by atoms with van der Waals surface area (Å²) in [5.74, 6) is -0.0625. The monoisotopic (exact) mass is 705 g/mol. The molecule has 1 N–H and O–H groups in total. The van der Waals surface area contributed by atoms with E-state index in [1.165, 1.54) is 46.2 Å². The van der Waals surface area contributed by atoms with E-state index < -0.39 is 0 Å². The number of aliphatic hydroxyl groups excluding tert-OH is 1. The van der Waals surface area contributed by atoms with Gasteiger partial charge >= 0.3 is 0 Å². The molecule has 0 aliphatic carbocycles. The fraction of sp³-hybridized carbons (Fsp3) is 0.333. The molecule has 3 nitrogen and oxygen atoms in total. The number of aryl methyl sites for hydroxylation is 1. The quantitative estimate of drug-likeness (QED) is 0.131. The van der Waals surface area contributed by atoms with Gasteiger partial charge in [0, 0.05) is 31.1 Å². The van der Waals surface area contributed by atoms with Crippen molar-refractivity contribution >= 4 is 27.3 Å². The summed E-state index contributed by atoms with van der Waals surface area (Å²) in [6, 6.07) is 23.5. The topological polar surface area (TPSA) is 50.2 Å². The second-order valence-corrected chi connectivity index (χ2v) is 12.7. The average molecular weight is 705 g/mol. The molecule has 0 unspecified atom stereocenters. The van der Waals surface area contributed by atoms with Crippen LogP contribution in [0.25, 0.3) is 31.9 Å². The molecule has 0 aliphatic heterocycles. The van der Waals surface area contributed by atoms with Crippen molar-refractivity contribution in [2.75, 3.05) is 0 Å². The molecular weight excluding hydrogens is 667 g/mol. The molecule has 1 radical (unpaired) electrons. The van der Waals surface area contributed by atoms with Crippen molar-refractivity contribution in [3.05, 3.63) is 89.2 Å². The third kappa shape index (κ3) is 8.46. The summed E-state index contributed by atoms with van der Waals surface area (Å²) in [5, 5.41) is 8.36. The summed E-state index contributed by atoms with van der Waals surface area (Å²) in [6.07, 6.45) is 1.17. The van der Waals surface area contributed by atoms with Crippen LogP contribution in [0.2, 0.25) is 0 Å². The molecule has 4 rings (SSSR count). The second kappa shape index (κ2) is 12.5. The molecule has 38 heavy (non-hydrogen) atoms. The third-order valence-corrected chi connectivity index (χ3v) is 7.11. The van der Waals surface area contributed by atoms with Gasteiger partial charge in [-0.25, -0.2) is 0 Å². The van der Waals surface area contributed by atoms with Gasteiger partial charge in [0.1, 0.15) is 0 Å². The molecule has 4 aromatic rings. The van der Waals surface area contributed by atoms with Crippen LogP contribution < -0.4 is 0 Å². The van der Waals surface area contributed by atoms with Crippen LogP contribution in [0, 0.1) is 13.0 Å². The first-order valence-corrected chi connectivity index (χ1v) is 13.4. The number of ketones is 1. The molecule has 0 amide bonds. The van der Waals surface area contributed by atoms with Crippen LogP contribution in [0.1, 0.15) is 72.1 Å². The number of aromatic nitrogens is 1. The van der Waals surface area contributed by atoms with Gasteiger partial charge in [-0.1, -0.05) is 78.8 Å². The van der Waals surface area contributed by atoms with E-state index in [0.29, 0.717) is 0 Å². The predicted molar refractivity (Wildman–Crippen MR) is 159 cm³/mol. The van der Waals surface area contributed by atoms with Crippen molar-refractivity contribution in [3.8, 4) is 21.7 Å². The molecule has 0 spiro atoms. The largest absolute Gasteiger partial charge is 0.512 e. The second-order valence-electron chi connectivity index (χ2n) is 11.6. The van der Waals surface area contributed by atoms with E-state index in [0.717, 1.165) is 22.3 Å². The average Bonchev–Trinajstić information content (AvgIpc) is 3.20. The van der Waals surface area contributed by atoms with E-state index in [9.17, 15) is 4.79 Å². The Labute approximate surface area is 245 Å². The molecule has 0 bridgehead atoms. The van der Waals surface area contributed by atoms with Gasteiger partial charge in [-0.3, -0.25) is 9.78 Å². The Morgan fingerprint density at radius 1 is 0.895 bits per heavy atom. The van der Waals surface area contributed by atoms with Crippen molar-refractivity contribution < 1.29 is 30.0 Å². The summed E-state index contributed by atoms with van der Waals surface area (Å²) in [6.45, 7) is 18.5. The Kier molecular flexibility index (Phi) is 10.4. The van der Waals surface area contributed by atoms with Gasteiger partial charge in [0.15, 0.2) is 5.78 Å². The SMILES string of the molecule is CC(=O)/C=C(/C)O.Cc1[c-]c(-c2ccc3sc(-c4ccc(C(C)(C)C)cc4)cc3n2)cc(C(C)(C)C)c1.[Ir].